The van der Waals surface area contributed by atoms with Gasteiger partial charge in [0.2, 0.25) is 6.08 Å². The van der Waals surface area contributed by atoms with Crippen LogP contribution in [0.25, 0.3) is 0 Å². The second-order valence-electron chi connectivity index (χ2n) is 4.91. The van der Waals surface area contributed by atoms with Gasteiger partial charge in [-0.15, -0.1) is 0 Å². The van der Waals surface area contributed by atoms with Crippen molar-refractivity contribution in [1.82, 2.24) is 0 Å². The minimum absolute atomic E-state index is 0.0468. The van der Waals surface area contributed by atoms with E-state index in [1.165, 1.54) is 38.2 Å². The molecule has 0 fully saturated rings. The van der Waals surface area contributed by atoms with Gasteiger partial charge < -0.3 is 0 Å². The van der Waals surface area contributed by atoms with Gasteiger partial charge in [-0.2, -0.15) is 0 Å². The summed E-state index contributed by atoms with van der Waals surface area (Å²) in [7, 11) is 0. The third-order valence-electron chi connectivity index (χ3n) is 3.26. The molecule has 0 aromatic carbocycles. The maximum absolute atomic E-state index is 9.97. The van der Waals surface area contributed by atoms with Crippen LogP contribution in [0.5, 0.6) is 0 Å². The highest BCUT2D eigenvalue weighted by Crippen LogP contribution is 2.40. The standard InChI is InChI=1S/C14H24Cl3NO/c1-2-3-4-5-6-7-9-13(14(15,16)17)10-8-11-18-12-19/h13H,2-11H2,1H3/t13-/m1/s1. The van der Waals surface area contributed by atoms with Crippen LogP contribution in [0.4, 0.5) is 0 Å². The molecule has 0 rings (SSSR count). The summed E-state index contributed by atoms with van der Waals surface area (Å²) in [5.41, 5.74) is 0. The lowest BCUT2D eigenvalue weighted by molar-refractivity contribution is 0.420. The van der Waals surface area contributed by atoms with Crippen molar-refractivity contribution in [3.8, 4) is 0 Å². The van der Waals surface area contributed by atoms with Crippen molar-refractivity contribution in [2.24, 2.45) is 10.9 Å². The minimum atomic E-state index is -1.21. The van der Waals surface area contributed by atoms with E-state index in [-0.39, 0.29) is 5.92 Å². The second kappa shape index (κ2) is 12.0. The van der Waals surface area contributed by atoms with Gasteiger partial charge in [0.05, 0.1) is 6.54 Å². The van der Waals surface area contributed by atoms with Crippen molar-refractivity contribution in [2.45, 2.75) is 68.5 Å². The second-order valence-corrected chi connectivity index (χ2v) is 7.28. The Bertz CT molecular complexity index is 260. The number of nitrogens with zero attached hydrogens (tertiary/aromatic N) is 1. The van der Waals surface area contributed by atoms with Crippen molar-refractivity contribution >= 4 is 40.9 Å². The molecule has 0 aliphatic heterocycles. The maximum atomic E-state index is 9.97. The molecule has 0 saturated heterocycles. The summed E-state index contributed by atoms with van der Waals surface area (Å²) in [5.74, 6) is 0.0468. The van der Waals surface area contributed by atoms with Crippen LogP contribution in [0.3, 0.4) is 0 Å². The van der Waals surface area contributed by atoms with Gasteiger partial charge in [0.15, 0.2) is 3.79 Å². The van der Waals surface area contributed by atoms with Crippen LogP contribution in [0, 0.1) is 5.92 Å². The Morgan fingerprint density at radius 3 is 2.16 bits per heavy atom. The smallest absolute Gasteiger partial charge is 0.211 e. The molecule has 112 valence electrons. The van der Waals surface area contributed by atoms with Crippen LogP contribution in [0.15, 0.2) is 4.99 Å². The van der Waals surface area contributed by atoms with Gasteiger partial charge in [-0.05, 0) is 19.3 Å². The largest absolute Gasteiger partial charge is 0.234 e. The lowest BCUT2D eigenvalue weighted by Crippen LogP contribution is -2.19. The zero-order chi connectivity index (χ0) is 14.6. The van der Waals surface area contributed by atoms with Crippen LogP contribution in [-0.4, -0.2) is 16.4 Å². The summed E-state index contributed by atoms with van der Waals surface area (Å²) in [6.07, 6.45) is 11.4. The first kappa shape index (κ1) is 19.2. The molecule has 0 unspecified atom stereocenters. The van der Waals surface area contributed by atoms with Crippen LogP contribution in [0.1, 0.15) is 64.7 Å². The van der Waals surface area contributed by atoms with Crippen molar-refractivity contribution in [3.05, 3.63) is 0 Å². The van der Waals surface area contributed by atoms with Crippen molar-refractivity contribution in [3.63, 3.8) is 0 Å². The van der Waals surface area contributed by atoms with Gasteiger partial charge in [-0.25, -0.2) is 9.79 Å². The van der Waals surface area contributed by atoms with E-state index in [9.17, 15) is 4.79 Å². The van der Waals surface area contributed by atoms with E-state index in [1.54, 1.807) is 0 Å². The van der Waals surface area contributed by atoms with E-state index in [2.05, 4.69) is 11.9 Å². The summed E-state index contributed by atoms with van der Waals surface area (Å²) in [5, 5.41) is 0. The van der Waals surface area contributed by atoms with Gasteiger partial charge in [0.25, 0.3) is 0 Å². The molecule has 0 N–H and O–H groups in total. The number of rotatable bonds is 11. The topological polar surface area (TPSA) is 29.4 Å². The fourth-order valence-electron chi connectivity index (χ4n) is 2.11. The Labute approximate surface area is 131 Å². The summed E-state index contributed by atoms with van der Waals surface area (Å²) in [6, 6.07) is 0. The SMILES string of the molecule is CCCCCCCC[C@H](CCCN=C=O)C(Cl)(Cl)Cl. The Kier molecular flexibility index (Phi) is 12.2. The number of aliphatic imine (C=N–C) groups is 1. The molecule has 0 aromatic rings. The van der Waals surface area contributed by atoms with Crippen molar-refractivity contribution < 1.29 is 4.79 Å². The molecular weight excluding hydrogens is 305 g/mol. The molecule has 0 radical (unpaired) electrons. The molecule has 0 amide bonds. The van der Waals surface area contributed by atoms with Crippen LogP contribution >= 0.6 is 34.8 Å². The van der Waals surface area contributed by atoms with Crippen LogP contribution in [0.2, 0.25) is 0 Å². The number of isocyanates is 1. The number of hydrogen-bond acceptors (Lipinski definition) is 2. The minimum Gasteiger partial charge on any atom is -0.211 e. The summed E-state index contributed by atoms with van der Waals surface area (Å²) in [4.78, 5) is 13.5. The quantitative estimate of drug-likeness (QED) is 0.203. The van der Waals surface area contributed by atoms with Crippen molar-refractivity contribution in [1.29, 1.82) is 0 Å². The number of hydrogen-bond donors (Lipinski definition) is 0. The maximum Gasteiger partial charge on any atom is 0.234 e. The van der Waals surface area contributed by atoms with E-state index in [1.807, 2.05) is 0 Å². The number of unbranched alkanes of at least 4 members (excludes halogenated alkanes) is 5. The lowest BCUT2D eigenvalue weighted by Gasteiger charge is -2.24. The van der Waals surface area contributed by atoms with E-state index in [4.69, 9.17) is 34.8 Å². The van der Waals surface area contributed by atoms with E-state index in [0.29, 0.717) is 6.54 Å². The monoisotopic (exact) mass is 327 g/mol. The Hall–Kier alpha value is 0.250. The average molecular weight is 329 g/mol. The molecule has 0 heterocycles. The van der Waals surface area contributed by atoms with Crippen molar-refractivity contribution in [2.75, 3.05) is 6.54 Å². The zero-order valence-electron chi connectivity index (χ0n) is 11.6. The number of halogens is 3. The highest BCUT2D eigenvalue weighted by Gasteiger charge is 2.31. The van der Waals surface area contributed by atoms with Gasteiger partial charge in [0, 0.05) is 5.92 Å². The summed E-state index contributed by atoms with van der Waals surface area (Å²) < 4.78 is -1.21. The third kappa shape index (κ3) is 11.8. The van der Waals surface area contributed by atoms with Gasteiger partial charge in [-0.1, -0.05) is 80.3 Å². The van der Waals surface area contributed by atoms with Crippen LogP contribution in [-0.2, 0) is 4.79 Å². The molecule has 0 bridgehead atoms. The third-order valence-corrected chi connectivity index (χ3v) is 4.18. The molecule has 0 aliphatic carbocycles. The van der Waals surface area contributed by atoms with Gasteiger partial charge >= 0.3 is 0 Å². The number of carbonyl (C=O) groups excluding carboxylic acids is 1. The predicted molar refractivity (Wildman–Crippen MR) is 84.0 cm³/mol. The van der Waals surface area contributed by atoms with Gasteiger partial charge in [0.1, 0.15) is 0 Å². The highest BCUT2D eigenvalue weighted by atomic mass is 35.6. The molecule has 0 saturated carbocycles. The lowest BCUT2D eigenvalue weighted by atomic mass is 9.97. The first-order chi connectivity index (χ1) is 9.02. The number of alkyl halides is 3. The highest BCUT2D eigenvalue weighted by molar-refractivity contribution is 6.67. The van der Waals surface area contributed by atoms with E-state index >= 15 is 0 Å². The Morgan fingerprint density at radius 1 is 1.00 bits per heavy atom. The predicted octanol–water partition coefficient (Wildman–Crippen LogP) is 5.84. The molecule has 1 atom stereocenters. The molecule has 19 heavy (non-hydrogen) atoms. The molecule has 5 heteroatoms. The fraction of sp³-hybridized carbons (Fsp3) is 0.929. The first-order valence-corrected chi connectivity index (χ1v) is 8.26. The van der Waals surface area contributed by atoms with E-state index in [0.717, 1.165) is 25.7 Å². The summed E-state index contributed by atoms with van der Waals surface area (Å²) in [6.45, 7) is 2.68. The molecular formula is C14H24Cl3NO. The van der Waals surface area contributed by atoms with Crippen LogP contribution < -0.4 is 0 Å². The first-order valence-electron chi connectivity index (χ1n) is 7.12. The zero-order valence-corrected chi connectivity index (χ0v) is 13.9. The molecule has 0 aromatic heterocycles. The van der Waals surface area contributed by atoms with E-state index < -0.39 is 3.79 Å². The summed E-state index contributed by atoms with van der Waals surface area (Å²) >= 11 is 18.0. The molecule has 2 nitrogen and oxygen atoms in total. The Balaban J connectivity index is 3.84. The average Bonchev–Trinajstić information content (AvgIpc) is 2.34. The fourth-order valence-corrected chi connectivity index (χ4v) is 2.76. The Morgan fingerprint density at radius 2 is 1.58 bits per heavy atom. The normalized spacial score (nSPS) is 13.1. The molecule has 0 aliphatic rings. The molecule has 0 spiro atoms. The van der Waals surface area contributed by atoms with Gasteiger partial charge in [-0.3, -0.25) is 0 Å².